The lowest BCUT2D eigenvalue weighted by atomic mass is 9.82. The van der Waals surface area contributed by atoms with E-state index in [-0.39, 0.29) is 17.3 Å². The summed E-state index contributed by atoms with van der Waals surface area (Å²) in [4.78, 5) is 18.3. The highest BCUT2D eigenvalue weighted by Gasteiger charge is 2.46. The van der Waals surface area contributed by atoms with Crippen LogP contribution in [0.1, 0.15) is 29.0 Å². The van der Waals surface area contributed by atoms with E-state index in [2.05, 4.69) is 32.5 Å². The largest absolute Gasteiger partial charge is 0.372 e. The van der Waals surface area contributed by atoms with Crippen LogP contribution in [0.4, 0.5) is 0 Å². The van der Waals surface area contributed by atoms with E-state index >= 15 is 0 Å². The summed E-state index contributed by atoms with van der Waals surface area (Å²) >= 11 is 0. The Bertz CT molecular complexity index is 688. The standard InChI is InChI=1S/C18H22N4O3/c23-17(16-4-8-21-25-16)20-9-15-1-5-18(24-11-15)12-22(13-18)10-14-2-6-19-7-3-14/h2-4,6-8,15H,1,5,9-13H2,(H,20,23). The zero-order valence-electron chi connectivity index (χ0n) is 14.1. The summed E-state index contributed by atoms with van der Waals surface area (Å²) in [6.07, 6.45) is 7.25. The maximum absolute atomic E-state index is 11.9. The van der Waals surface area contributed by atoms with Gasteiger partial charge in [0.2, 0.25) is 5.76 Å². The molecule has 1 amide bonds. The minimum absolute atomic E-state index is 0.0124. The van der Waals surface area contributed by atoms with Gasteiger partial charge in [-0.2, -0.15) is 0 Å². The van der Waals surface area contributed by atoms with Gasteiger partial charge in [0.25, 0.3) is 5.91 Å². The van der Waals surface area contributed by atoms with Crippen LogP contribution in [0.5, 0.6) is 0 Å². The van der Waals surface area contributed by atoms with Gasteiger partial charge in [-0.3, -0.25) is 14.7 Å². The third kappa shape index (κ3) is 3.72. The second kappa shape index (κ2) is 6.93. The van der Waals surface area contributed by atoms with Crippen LogP contribution in [0.15, 0.2) is 41.3 Å². The fourth-order valence-corrected chi connectivity index (χ4v) is 3.61. The number of likely N-dealkylation sites (tertiary alicyclic amines) is 1. The Kier molecular flexibility index (Phi) is 4.50. The first-order chi connectivity index (χ1) is 12.2. The number of pyridine rings is 1. The lowest BCUT2D eigenvalue weighted by Crippen LogP contribution is -2.64. The van der Waals surface area contributed by atoms with Gasteiger partial charge in [0.05, 0.1) is 18.4 Å². The van der Waals surface area contributed by atoms with Gasteiger partial charge in [-0.05, 0) is 36.5 Å². The molecule has 1 unspecified atom stereocenters. The third-order valence-electron chi connectivity index (χ3n) is 5.03. The van der Waals surface area contributed by atoms with Crippen molar-refractivity contribution in [3.8, 4) is 0 Å². The summed E-state index contributed by atoms with van der Waals surface area (Å²) in [5.41, 5.74) is 1.30. The summed E-state index contributed by atoms with van der Waals surface area (Å²) in [6.45, 7) is 4.21. The van der Waals surface area contributed by atoms with Gasteiger partial charge in [0, 0.05) is 44.6 Å². The number of nitrogens with one attached hydrogen (secondary N) is 1. The van der Waals surface area contributed by atoms with Crippen LogP contribution in [0.3, 0.4) is 0 Å². The Morgan fingerprint density at radius 1 is 1.28 bits per heavy atom. The predicted molar refractivity (Wildman–Crippen MR) is 89.8 cm³/mol. The van der Waals surface area contributed by atoms with Crippen LogP contribution < -0.4 is 5.32 Å². The molecule has 2 aliphatic rings. The van der Waals surface area contributed by atoms with Crippen LogP contribution in [0.25, 0.3) is 0 Å². The van der Waals surface area contributed by atoms with E-state index < -0.39 is 0 Å². The summed E-state index contributed by atoms with van der Waals surface area (Å²) in [7, 11) is 0. The van der Waals surface area contributed by atoms with Gasteiger partial charge < -0.3 is 14.6 Å². The number of amides is 1. The van der Waals surface area contributed by atoms with Crippen molar-refractivity contribution in [2.24, 2.45) is 5.92 Å². The number of hydrogen-bond donors (Lipinski definition) is 1. The molecule has 0 aromatic carbocycles. The van der Waals surface area contributed by atoms with Gasteiger partial charge in [-0.25, -0.2) is 0 Å². The van der Waals surface area contributed by atoms with Crippen molar-refractivity contribution in [2.45, 2.75) is 25.0 Å². The molecule has 0 saturated carbocycles. The zero-order chi connectivity index (χ0) is 17.1. The second-order valence-corrected chi connectivity index (χ2v) is 6.99. The number of nitrogens with zero attached hydrogens (tertiary/aromatic N) is 3. The average molecular weight is 342 g/mol. The summed E-state index contributed by atoms with van der Waals surface area (Å²) in [5.74, 6) is 0.385. The van der Waals surface area contributed by atoms with E-state index in [9.17, 15) is 4.79 Å². The maximum Gasteiger partial charge on any atom is 0.289 e. The van der Waals surface area contributed by atoms with E-state index in [4.69, 9.17) is 9.26 Å². The number of aromatic nitrogens is 2. The van der Waals surface area contributed by atoms with Gasteiger partial charge in [-0.1, -0.05) is 5.16 Å². The van der Waals surface area contributed by atoms with Crippen LogP contribution in [-0.4, -0.2) is 52.8 Å². The molecular weight excluding hydrogens is 320 g/mol. The van der Waals surface area contributed by atoms with Crippen molar-refractivity contribution < 1.29 is 14.1 Å². The molecule has 0 bridgehead atoms. The quantitative estimate of drug-likeness (QED) is 0.886. The first kappa shape index (κ1) is 16.2. The molecule has 4 heterocycles. The third-order valence-corrected chi connectivity index (χ3v) is 5.03. The van der Waals surface area contributed by atoms with Gasteiger partial charge in [0.1, 0.15) is 0 Å². The van der Waals surface area contributed by atoms with Gasteiger partial charge in [-0.15, -0.1) is 0 Å². The Balaban J connectivity index is 1.19. The molecule has 7 nitrogen and oxygen atoms in total. The molecule has 25 heavy (non-hydrogen) atoms. The minimum Gasteiger partial charge on any atom is -0.372 e. The Morgan fingerprint density at radius 2 is 2.12 bits per heavy atom. The number of carbonyl (C=O) groups is 1. The first-order valence-corrected chi connectivity index (χ1v) is 8.67. The second-order valence-electron chi connectivity index (χ2n) is 6.99. The molecule has 1 spiro atoms. The van der Waals surface area contributed by atoms with Crippen LogP contribution in [-0.2, 0) is 11.3 Å². The summed E-state index contributed by atoms with van der Waals surface area (Å²) in [5, 5.41) is 6.43. The molecule has 1 N–H and O–H groups in total. The Morgan fingerprint density at radius 3 is 2.80 bits per heavy atom. The SMILES string of the molecule is O=C(NCC1CCC2(CN(Cc3ccncc3)C2)OC1)c1ccno1. The number of hydrogen-bond acceptors (Lipinski definition) is 6. The maximum atomic E-state index is 11.9. The number of ether oxygens (including phenoxy) is 1. The van der Waals surface area contributed by atoms with Gasteiger partial charge >= 0.3 is 0 Å². The van der Waals surface area contributed by atoms with Crippen molar-refractivity contribution in [1.82, 2.24) is 20.4 Å². The topological polar surface area (TPSA) is 80.5 Å². The summed E-state index contributed by atoms with van der Waals surface area (Å²) in [6, 6.07) is 5.67. The predicted octanol–water partition coefficient (Wildman–Crippen LogP) is 1.48. The minimum atomic E-state index is -0.218. The van der Waals surface area contributed by atoms with Crippen molar-refractivity contribution in [3.63, 3.8) is 0 Å². The molecule has 0 aliphatic carbocycles. The smallest absolute Gasteiger partial charge is 0.289 e. The number of rotatable bonds is 5. The van der Waals surface area contributed by atoms with Crippen LogP contribution in [0, 0.1) is 5.92 Å². The molecular formula is C18H22N4O3. The van der Waals surface area contributed by atoms with Crippen molar-refractivity contribution >= 4 is 5.91 Å². The van der Waals surface area contributed by atoms with E-state index in [0.29, 0.717) is 19.1 Å². The first-order valence-electron chi connectivity index (χ1n) is 8.67. The molecule has 2 fully saturated rings. The van der Waals surface area contributed by atoms with E-state index in [1.807, 2.05) is 12.4 Å². The van der Waals surface area contributed by atoms with Gasteiger partial charge in [0.15, 0.2) is 0 Å². The van der Waals surface area contributed by atoms with E-state index in [1.165, 1.54) is 11.8 Å². The lowest BCUT2D eigenvalue weighted by Gasteiger charge is -2.53. The fourth-order valence-electron chi connectivity index (χ4n) is 3.61. The molecule has 7 heteroatoms. The van der Waals surface area contributed by atoms with Crippen LogP contribution in [0.2, 0.25) is 0 Å². The summed E-state index contributed by atoms with van der Waals surface area (Å²) < 4.78 is 11.0. The average Bonchev–Trinajstić information content (AvgIpc) is 3.15. The van der Waals surface area contributed by atoms with Crippen molar-refractivity contribution in [3.05, 3.63) is 48.1 Å². The Labute approximate surface area is 146 Å². The highest BCUT2D eigenvalue weighted by molar-refractivity contribution is 5.91. The van der Waals surface area contributed by atoms with E-state index in [0.717, 1.165) is 32.5 Å². The zero-order valence-corrected chi connectivity index (χ0v) is 14.1. The highest BCUT2D eigenvalue weighted by Crippen LogP contribution is 2.36. The highest BCUT2D eigenvalue weighted by atomic mass is 16.5. The lowest BCUT2D eigenvalue weighted by molar-refractivity contribution is -0.181. The van der Waals surface area contributed by atoms with E-state index in [1.54, 1.807) is 6.07 Å². The fraction of sp³-hybridized carbons (Fsp3) is 0.500. The molecule has 2 aromatic heterocycles. The Hall–Kier alpha value is -2.25. The number of carbonyl (C=O) groups excluding carboxylic acids is 1. The molecule has 0 radical (unpaired) electrons. The molecule has 1 atom stereocenters. The monoisotopic (exact) mass is 342 g/mol. The molecule has 2 aromatic rings. The van der Waals surface area contributed by atoms with Crippen molar-refractivity contribution in [2.75, 3.05) is 26.2 Å². The molecule has 2 saturated heterocycles. The molecule has 4 rings (SSSR count). The van der Waals surface area contributed by atoms with Crippen molar-refractivity contribution in [1.29, 1.82) is 0 Å². The molecule has 2 aliphatic heterocycles. The molecule has 132 valence electrons. The van der Waals surface area contributed by atoms with Crippen LogP contribution >= 0.6 is 0 Å². The normalized spacial score (nSPS) is 22.5.